The molecule has 25 heavy (non-hydrogen) atoms. The molecule has 0 heterocycles. The first kappa shape index (κ1) is 20.9. The maximum absolute atomic E-state index is 11.1. The van der Waals surface area contributed by atoms with Crippen molar-refractivity contribution in [3.63, 3.8) is 0 Å². The third kappa shape index (κ3) is 9.05. The van der Waals surface area contributed by atoms with Crippen molar-refractivity contribution < 1.29 is 19.7 Å². The number of phenols is 1. The third-order valence-electron chi connectivity index (χ3n) is 3.95. The summed E-state index contributed by atoms with van der Waals surface area (Å²) in [5.74, 6) is 5.24. The largest absolute Gasteiger partial charge is 0.507 e. The van der Waals surface area contributed by atoms with Crippen LogP contribution in [0.3, 0.4) is 0 Å². The van der Waals surface area contributed by atoms with E-state index in [1.165, 1.54) is 38.2 Å². The van der Waals surface area contributed by atoms with Crippen molar-refractivity contribution in [2.75, 3.05) is 6.61 Å². The molecule has 0 unspecified atom stereocenters. The van der Waals surface area contributed by atoms with Crippen molar-refractivity contribution in [3.05, 3.63) is 23.8 Å². The minimum Gasteiger partial charge on any atom is -0.507 e. The normalized spacial score (nSPS) is 10.1. The quantitative estimate of drug-likeness (QED) is 0.393. The van der Waals surface area contributed by atoms with Gasteiger partial charge < -0.3 is 14.9 Å². The van der Waals surface area contributed by atoms with Gasteiger partial charge in [0.2, 0.25) is 0 Å². The lowest BCUT2D eigenvalue weighted by atomic mass is 10.1. The molecule has 0 radical (unpaired) electrons. The van der Waals surface area contributed by atoms with Gasteiger partial charge in [-0.2, -0.15) is 0 Å². The number of aromatic hydroxyl groups is 1. The molecule has 4 nitrogen and oxygen atoms in total. The second kappa shape index (κ2) is 13.2. The maximum Gasteiger partial charge on any atom is 0.343 e. The van der Waals surface area contributed by atoms with Crippen LogP contribution in [0.1, 0.15) is 81.5 Å². The van der Waals surface area contributed by atoms with Crippen LogP contribution in [-0.4, -0.2) is 22.8 Å². The highest BCUT2D eigenvalue weighted by Crippen LogP contribution is 2.27. The van der Waals surface area contributed by atoms with Crippen LogP contribution in [0.5, 0.6) is 11.5 Å². The van der Waals surface area contributed by atoms with E-state index in [1.807, 2.05) is 0 Å². The monoisotopic (exact) mass is 346 g/mol. The molecule has 1 aromatic rings. The van der Waals surface area contributed by atoms with Gasteiger partial charge in [-0.25, -0.2) is 4.79 Å². The second-order valence-electron chi connectivity index (χ2n) is 6.13. The van der Waals surface area contributed by atoms with Crippen molar-refractivity contribution in [1.82, 2.24) is 0 Å². The summed E-state index contributed by atoms with van der Waals surface area (Å²) >= 11 is 0. The van der Waals surface area contributed by atoms with Crippen LogP contribution in [-0.2, 0) is 0 Å². The Morgan fingerprint density at radius 2 is 1.64 bits per heavy atom. The molecule has 0 aliphatic carbocycles. The lowest BCUT2D eigenvalue weighted by Gasteiger charge is -2.10. The average Bonchev–Trinajstić information content (AvgIpc) is 2.58. The molecule has 0 aliphatic heterocycles. The van der Waals surface area contributed by atoms with Crippen molar-refractivity contribution in [2.24, 2.45) is 0 Å². The number of unbranched alkanes of at least 4 members (excludes halogenated alkanes) is 8. The molecule has 0 spiro atoms. The lowest BCUT2D eigenvalue weighted by molar-refractivity contribution is 0.0688. The number of hydrogen-bond donors (Lipinski definition) is 2. The highest BCUT2D eigenvalue weighted by molar-refractivity contribution is 5.93. The molecule has 4 heteroatoms. The van der Waals surface area contributed by atoms with Crippen LogP contribution < -0.4 is 4.74 Å². The Kier molecular flexibility index (Phi) is 11.0. The van der Waals surface area contributed by atoms with Crippen LogP contribution in [0.2, 0.25) is 0 Å². The fraction of sp³-hybridized carbons (Fsp3) is 0.571. The van der Waals surface area contributed by atoms with E-state index < -0.39 is 5.97 Å². The van der Waals surface area contributed by atoms with Crippen LogP contribution >= 0.6 is 0 Å². The third-order valence-corrected chi connectivity index (χ3v) is 3.95. The molecule has 1 aromatic carbocycles. The van der Waals surface area contributed by atoms with Crippen molar-refractivity contribution in [2.45, 2.75) is 71.1 Å². The zero-order valence-corrected chi connectivity index (χ0v) is 15.2. The number of carbonyl (C=O) groups is 1. The lowest BCUT2D eigenvalue weighted by Crippen LogP contribution is -2.04. The van der Waals surface area contributed by atoms with E-state index >= 15 is 0 Å². The molecule has 0 saturated carbocycles. The first-order chi connectivity index (χ1) is 12.2. The van der Waals surface area contributed by atoms with E-state index in [0.717, 1.165) is 32.1 Å². The molecular weight excluding hydrogens is 316 g/mol. The standard InChI is InChI=1S/C21H30O4/c1-2-3-4-5-6-7-8-9-10-11-12-13-17-25-19-16-14-15-18(22)20(19)21(23)24/h14-16,22H,2-4,7-13,17H2,1H3,(H,23,24). The first-order valence-corrected chi connectivity index (χ1v) is 9.30. The molecule has 0 saturated heterocycles. The predicted molar refractivity (Wildman–Crippen MR) is 100 cm³/mol. The Bertz CT molecular complexity index is 569. The Balaban J connectivity index is 2.07. The van der Waals surface area contributed by atoms with E-state index in [2.05, 4.69) is 18.8 Å². The number of rotatable bonds is 12. The SMILES string of the molecule is CCCCC#CCCCCCCCCOc1cccc(O)c1C(=O)O. The Labute approximate surface area is 151 Å². The highest BCUT2D eigenvalue weighted by atomic mass is 16.5. The van der Waals surface area contributed by atoms with Crippen LogP contribution in [0, 0.1) is 11.8 Å². The smallest absolute Gasteiger partial charge is 0.343 e. The van der Waals surface area contributed by atoms with Gasteiger partial charge in [-0.15, -0.1) is 11.8 Å². The minimum atomic E-state index is -1.18. The van der Waals surface area contributed by atoms with E-state index in [1.54, 1.807) is 12.1 Å². The molecule has 0 atom stereocenters. The van der Waals surface area contributed by atoms with Gasteiger partial charge in [-0.3, -0.25) is 0 Å². The molecule has 1 rings (SSSR count). The Morgan fingerprint density at radius 1 is 1.00 bits per heavy atom. The average molecular weight is 346 g/mol. The van der Waals surface area contributed by atoms with Crippen molar-refractivity contribution in [3.8, 4) is 23.3 Å². The summed E-state index contributed by atoms with van der Waals surface area (Å²) in [6.45, 7) is 2.65. The molecule has 0 amide bonds. The number of carboxylic acids is 1. The maximum atomic E-state index is 11.1. The summed E-state index contributed by atoms with van der Waals surface area (Å²) in [6, 6.07) is 4.51. The summed E-state index contributed by atoms with van der Waals surface area (Å²) in [4.78, 5) is 11.1. The van der Waals surface area contributed by atoms with Gasteiger partial charge in [0.15, 0.2) is 0 Å². The van der Waals surface area contributed by atoms with Crippen LogP contribution in [0.15, 0.2) is 18.2 Å². The van der Waals surface area contributed by atoms with E-state index in [0.29, 0.717) is 6.61 Å². The van der Waals surface area contributed by atoms with Gasteiger partial charge in [0, 0.05) is 12.8 Å². The summed E-state index contributed by atoms with van der Waals surface area (Å²) in [7, 11) is 0. The van der Waals surface area contributed by atoms with Gasteiger partial charge in [0.25, 0.3) is 0 Å². The van der Waals surface area contributed by atoms with E-state index in [9.17, 15) is 9.90 Å². The van der Waals surface area contributed by atoms with Gasteiger partial charge in [-0.05, 0) is 31.4 Å². The molecule has 138 valence electrons. The van der Waals surface area contributed by atoms with Crippen LogP contribution in [0.25, 0.3) is 0 Å². The summed E-state index contributed by atoms with van der Waals surface area (Å²) in [5.41, 5.74) is -0.164. The number of hydrogen-bond acceptors (Lipinski definition) is 3. The molecular formula is C21H30O4. The molecule has 0 aromatic heterocycles. The molecule has 0 fully saturated rings. The summed E-state index contributed by atoms with van der Waals surface area (Å²) in [6.07, 6.45) is 11.1. The van der Waals surface area contributed by atoms with Gasteiger partial charge in [-0.1, -0.05) is 45.1 Å². The minimum absolute atomic E-state index is 0.164. The van der Waals surface area contributed by atoms with Gasteiger partial charge in [0.05, 0.1) is 6.61 Å². The first-order valence-electron chi connectivity index (χ1n) is 9.30. The number of benzene rings is 1. The van der Waals surface area contributed by atoms with Crippen molar-refractivity contribution in [1.29, 1.82) is 0 Å². The number of ether oxygens (including phenoxy) is 1. The zero-order chi connectivity index (χ0) is 18.3. The molecule has 0 aliphatic rings. The predicted octanol–water partition coefficient (Wildman–Crippen LogP) is 5.39. The van der Waals surface area contributed by atoms with E-state index in [-0.39, 0.29) is 17.1 Å². The molecule has 2 N–H and O–H groups in total. The van der Waals surface area contributed by atoms with Gasteiger partial charge >= 0.3 is 5.97 Å². The summed E-state index contributed by atoms with van der Waals surface area (Å²) in [5, 5.41) is 18.7. The highest BCUT2D eigenvalue weighted by Gasteiger charge is 2.15. The van der Waals surface area contributed by atoms with Crippen LogP contribution in [0.4, 0.5) is 0 Å². The zero-order valence-electron chi connectivity index (χ0n) is 15.2. The van der Waals surface area contributed by atoms with E-state index in [4.69, 9.17) is 9.84 Å². The Morgan fingerprint density at radius 3 is 2.32 bits per heavy atom. The fourth-order valence-electron chi connectivity index (χ4n) is 2.50. The Hall–Kier alpha value is -2.15. The summed E-state index contributed by atoms with van der Waals surface area (Å²) < 4.78 is 5.51. The van der Waals surface area contributed by atoms with Crippen molar-refractivity contribution >= 4 is 5.97 Å². The topological polar surface area (TPSA) is 66.8 Å². The second-order valence-corrected chi connectivity index (χ2v) is 6.13. The number of carboxylic acid groups (broad SMARTS) is 1. The molecule has 0 bridgehead atoms. The van der Waals surface area contributed by atoms with Gasteiger partial charge in [0.1, 0.15) is 17.1 Å². The number of aromatic carboxylic acids is 1. The fourth-order valence-corrected chi connectivity index (χ4v) is 2.50.